The van der Waals surface area contributed by atoms with E-state index >= 15 is 0 Å². The van der Waals surface area contributed by atoms with E-state index in [1.165, 1.54) is 27.4 Å². The van der Waals surface area contributed by atoms with Gasteiger partial charge in [0.25, 0.3) is 5.91 Å². The lowest BCUT2D eigenvalue weighted by molar-refractivity contribution is -0.139. The quantitative estimate of drug-likeness (QED) is 0.545. The van der Waals surface area contributed by atoms with Crippen molar-refractivity contribution in [3.63, 3.8) is 0 Å². The van der Waals surface area contributed by atoms with Gasteiger partial charge in [0, 0.05) is 0 Å². The number of amides is 1. The number of methoxy groups -OCH3 is 3. The van der Waals surface area contributed by atoms with Gasteiger partial charge in [0.2, 0.25) is 5.75 Å². The van der Waals surface area contributed by atoms with E-state index < -0.39 is 17.9 Å². The van der Waals surface area contributed by atoms with Gasteiger partial charge in [-0.3, -0.25) is 4.79 Å². The fourth-order valence-corrected chi connectivity index (χ4v) is 3.45. The molecule has 0 aliphatic rings. The number of thioether (sulfide) groups is 1. The summed E-state index contributed by atoms with van der Waals surface area (Å²) < 4.78 is 16.1. The van der Waals surface area contributed by atoms with Gasteiger partial charge in [0.05, 0.1) is 31.4 Å². The maximum absolute atomic E-state index is 12.6. The third kappa shape index (κ3) is 5.43. The third-order valence-corrected chi connectivity index (χ3v) is 5.09. The zero-order valence-electron chi connectivity index (χ0n) is 14.6. The molecule has 2 N–H and O–H groups in total. The lowest BCUT2D eigenvalue weighted by Crippen LogP contribution is -2.41. The highest BCUT2D eigenvalue weighted by molar-refractivity contribution is 9.10. The zero-order chi connectivity index (χ0) is 19.0. The van der Waals surface area contributed by atoms with Gasteiger partial charge in [0.15, 0.2) is 11.5 Å². The molecule has 0 spiro atoms. The summed E-state index contributed by atoms with van der Waals surface area (Å²) in [4.78, 5) is 24.0. The van der Waals surface area contributed by atoms with E-state index in [0.29, 0.717) is 33.9 Å². The average Bonchev–Trinajstić information content (AvgIpc) is 2.59. The molecule has 140 valence electrons. The normalized spacial score (nSPS) is 11.6. The first-order chi connectivity index (χ1) is 11.9. The maximum Gasteiger partial charge on any atom is 0.326 e. The minimum atomic E-state index is -1.08. The van der Waals surface area contributed by atoms with E-state index in [0.717, 1.165) is 5.75 Å². The number of carboxylic acid groups (broad SMARTS) is 1. The third-order valence-electron chi connectivity index (χ3n) is 3.37. The Labute approximate surface area is 159 Å². The van der Waals surface area contributed by atoms with Gasteiger partial charge in [0.1, 0.15) is 6.04 Å². The van der Waals surface area contributed by atoms with Crippen molar-refractivity contribution in [3.05, 3.63) is 16.1 Å². The van der Waals surface area contributed by atoms with Gasteiger partial charge < -0.3 is 24.6 Å². The van der Waals surface area contributed by atoms with Gasteiger partial charge in [-0.25, -0.2) is 4.79 Å². The average molecular weight is 436 g/mol. The van der Waals surface area contributed by atoms with E-state index in [4.69, 9.17) is 14.2 Å². The molecule has 0 bridgehead atoms. The molecule has 1 aromatic carbocycles. The van der Waals surface area contributed by atoms with Crippen LogP contribution >= 0.6 is 27.7 Å². The predicted molar refractivity (Wildman–Crippen MR) is 100 cm³/mol. The van der Waals surface area contributed by atoms with Gasteiger partial charge in [-0.1, -0.05) is 6.92 Å². The standard InChI is InChI=1S/C16H22BrNO6S/c1-5-25-7-6-10(16(20)21)18-15(19)9-8-11(22-2)13(23-3)14(24-4)12(9)17/h8,10H,5-7H2,1-4H3,(H,18,19)(H,20,21). The minimum Gasteiger partial charge on any atom is -0.493 e. The van der Waals surface area contributed by atoms with Crippen LogP contribution < -0.4 is 19.5 Å². The van der Waals surface area contributed by atoms with Crippen molar-refractivity contribution in [1.29, 1.82) is 0 Å². The summed E-state index contributed by atoms with van der Waals surface area (Å²) in [5.74, 6) is 0.848. The summed E-state index contributed by atoms with van der Waals surface area (Å²) in [5, 5.41) is 11.9. The fourth-order valence-electron chi connectivity index (χ4n) is 2.13. The first-order valence-electron chi connectivity index (χ1n) is 7.51. The van der Waals surface area contributed by atoms with E-state index in [1.807, 2.05) is 6.92 Å². The van der Waals surface area contributed by atoms with Crippen molar-refractivity contribution < 1.29 is 28.9 Å². The topological polar surface area (TPSA) is 94.1 Å². The minimum absolute atomic E-state index is 0.198. The Kier molecular flexibility index (Phi) is 8.91. The van der Waals surface area contributed by atoms with Crippen molar-refractivity contribution in [1.82, 2.24) is 5.32 Å². The fraction of sp³-hybridized carbons (Fsp3) is 0.500. The second-order valence-electron chi connectivity index (χ2n) is 4.86. The molecule has 1 atom stereocenters. The Morgan fingerprint density at radius 3 is 2.36 bits per heavy atom. The van der Waals surface area contributed by atoms with Crippen LogP contribution in [0, 0.1) is 0 Å². The van der Waals surface area contributed by atoms with Crippen LogP contribution in [0.1, 0.15) is 23.7 Å². The number of benzene rings is 1. The number of halogens is 1. The summed E-state index contributed by atoms with van der Waals surface area (Å²) in [6.45, 7) is 1.99. The summed E-state index contributed by atoms with van der Waals surface area (Å²) in [7, 11) is 4.33. The second kappa shape index (κ2) is 10.4. The molecule has 0 aliphatic heterocycles. The first-order valence-corrected chi connectivity index (χ1v) is 9.45. The molecule has 0 heterocycles. The van der Waals surface area contributed by atoms with Crippen molar-refractivity contribution in [2.45, 2.75) is 19.4 Å². The van der Waals surface area contributed by atoms with Gasteiger partial charge in [-0.15, -0.1) is 0 Å². The molecule has 0 saturated heterocycles. The summed E-state index contributed by atoms with van der Waals surface area (Å²) in [6, 6.07) is 0.498. The highest BCUT2D eigenvalue weighted by atomic mass is 79.9. The number of hydrogen-bond acceptors (Lipinski definition) is 6. The smallest absolute Gasteiger partial charge is 0.326 e. The monoisotopic (exact) mass is 435 g/mol. The summed E-state index contributed by atoms with van der Waals surface area (Å²) >= 11 is 4.93. The second-order valence-corrected chi connectivity index (χ2v) is 7.04. The van der Waals surface area contributed by atoms with Crippen molar-refractivity contribution >= 4 is 39.6 Å². The Hall–Kier alpha value is -1.61. The molecule has 7 nitrogen and oxygen atoms in total. The molecular weight excluding hydrogens is 414 g/mol. The molecule has 1 amide bonds. The maximum atomic E-state index is 12.6. The summed E-state index contributed by atoms with van der Waals surface area (Å²) in [5.41, 5.74) is 0.198. The summed E-state index contributed by atoms with van der Waals surface area (Å²) in [6.07, 6.45) is 0.335. The molecule has 25 heavy (non-hydrogen) atoms. The Morgan fingerprint density at radius 1 is 1.24 bits per heavy atom. The van der Waals surface area contributed by atoms with Crippen LogP contribution in [-0.2, 0) is 4.79 Å². The van der Waals surface area contributed by atoms with Crippen LogP contribution in [0.3, 0.4) is 0 Å². The molecule has 0 radical (unpaired) electrons. The largest absolute Gasteiger partial charge is 0.493 e. The Balaban J connectivity index is 3.13. The number of nitrogens with one attached hydrogen (secondary N) is 1. The van der Waals surface area contributed by atoms with E-state index in [2.05, 4.69) is 21.2 Å². The van der Waals surface area contributed by atoms with Crippen LogP contribution in [0.5, 0.6) is 17.2 Å². The van der Waals surface area contributed by atoms with E-state index in [1.54, 1.807) is 11.8 Å². The molecule has 9 heteroatoms. The number of rotatable bonds is 10. The molecule has 1 rings (SSSR count). The molecule has 0 fully saturated rings. The number of hydrogen-bond donors (Lipinski definition) is 2. The highest BCUT2D eigenvalue weighted by Crippen LogP contribution is 2.44. The predicted octanol–water partition coefficient (Wildman–Crippen LogP) is 2.80. The number of aliphatic carboxylic acids is 1. The van der Waals surface area contributed by atoms with Crippen LogP contribution in [0.15, 0.2) is 10.5 Å². The molecule has 1 aromatic rings. The van der Waals surface area contributed by atoms with Gasteiger partial charge >= 0.3 is 5.97 Å². The molecule has 0 aromatic heterocycles. The Bertz CT molecular complexity index is 625. The van der Waals surface area contributed by atoms with Crippen LogP contribution in [0.2, 0.25) is 0 Å². The van der Waals surface area contributed by atoms with Gasteiger partial charge in [-0.2, -0.15) is 11.8 Å². The van der Waals surface area contributed by atoms with Crippen molar-refractivity contribution in [2.24, 2.45) is 0 Å². The van der Waals surface area contributed by atoms with Crippen LogP contribution in [0.25, 0.3) is 0 Å². The van der Waals surface area contributed by atoms with E-state index in [9.17, 15) is 14.7 Å². The van der Waals surface area contributed by atoms with Gasteiger partial charge in [-0.05, 0) is 39.9 Å². The van der Waals surface area contributed by atoms with Crippen molar-refractivity contribution in [3.8, 4) is 17.2 Å². The Morgan fingerprint density at radius 2 is 1.88 bits per heavy atom. The number of carbonyl (C=O) groups excluding carboxylic acids is 1. The molecule has 1 unspecified atom stereocenters. The van der Waals surface area contributed by atoms with Crippen LogP contribution in [-0.4, -0.2) is 55.9 Å². The number of carbonyl (C=O) groups is 2. The molecule has 0 aliphatic carbocycles. The molecular formula is C16H22BrNO6S. The number of carboxylic acids is 1. The highest BCUT2D eigenvalue weighted by Gasteiger charge is 2.26. The lowest BCUT2D eigenvalue weighted by atomic mass is 10.1. The number of ether oxygens (including phenoxy) is 3. The first kappa shape index (κ1) is 21.4. The zero-order valence-corrected chi connectivity index (χ0v) is 17.0. The van der Waals surface area contributed by atoms with Crippen molar-refractivity contribution in [2.75, 3.05) is 32.8 Å². The lowest BCUT2D eigenvalue weighted by Gasteiger charge is -2.18. The SMILES string of the molecule is CCSCCC(NC(=O)c1cc(OC)c(OC)c(OC)c1Br)C(=O)O. The molecule has 0 saturated carbocycles. The van der Waals surface area contributed by atoms with Crippen LogP contribution in [0.4, 0.5) is 0 Å². The van der Waals surface area contributed by atoms with E-state index in [-0.39, 0.29) is 5.56 Å².